The number of nitriles is 1. The Balaban J connectivity index is 1.78. The van der Waals surface area contributed by atoms with Crippen molar-refractivity contribution in [2.75, 3.05) is 13.2 Å². The van der Waals surface area contributed by atoms with Crippen molar-refractivity contribution in [2.24, 2.45) is 0 Å². The molecule has 0 saturated carbocycles. The third-order valence-corrected chi connectivity index (χ3v) is 5.43. The number of ketones is 1. The second-order valence-corrected chi connectivity index (χ2v) is 7.65. The Morgan fingerprint density at radius 2 is 2.03 bits per heavy atom. The minimum absolute atomic E-state index is 0.0550. The van der Waals surface area contributed by atoms with Crippen molar-refractivity contribution < 1.29 is 14.3 Å². The van der Waals surface area contributed by atoms with Crippen LogP contribution in [0.1, 0.15) is 53.5 Å². The van der Waals surface area contributed by atoms with Crippen LogP contribution in [0.3, 0.4) is 0 Å². The first kappa shape index (κ1) is 18.8. The fraction of sp³-hybridized carbons (Fsp3) is 0.261. The molecular formula is C23H21N3O3. The van der Waals surface area contributed by atoms with Crippen molar-refractivity contribution in [3.63, 3.8) is 0 Å². The SMILES string of the molecule is CCNC(=O)COc1ccc2c(c1)C(C)(C)c1[nH]c3cc(C#N)ccc3c1C2=O. The van der Waals surface area contributed by atoms with Crippen molar-refractivity contribution in [3.8, 4) is 11.8 Å². The summed E-state index contributed by atoms with van der Waals surface area (Å²) in [5.74, 6) is 0.300. The molecule has 1 heterocycles. The van der Waals surface area contributed by atoms with Gasteiger partial charge in [0.15, 0.2) is 12.4 Å². The number of nitrogens with zero attached hydrogens (tertiary/aromatic N) is 1. The zero-order valence-corrected chi connectivity index (χ0v) is 16.6. The molecule has 0 saturated heterocycles. The number of carbonyl (C=O) groups is 2. The predicted octanol–water partition coefficient (Wildman–Crippen LogP) is 3.42. The molecule has 29 heavy (non-hydrogen) atoms. The van der Waals surface area contributed by atoms with Gasteiger partial charge in [-0.3, -0.25) is 9.59 Å². The van der Waals surface area contributed by atoms with Gasteiger partial charge in [0.25, 0.3) is 5.91 Å². The number of benzene rings is 2. The molecule has 0 spiro atoms. The lowest BCUT2D eigenvalue weighted by Crippen LogP contribution is -2.31. The number of rotatable bonds is 4. The molecule has 6 heteroatoms. The van der Waals surface area contributed by atoms with E-state index in [2.05, 4.69) is 16.4 Å². The maximum absolute atomic E-state index is 13.3. The monoisotopic (exact) mass is 387 g/mol. The number of hydrogen-bond donors (Lipinski definition) is 2. The first-order valence-corrected chi connectivity index (χ1v) is 9.51. The number of fused-ring (bicyclic) bond motifs is 4. The highest BCUT2D eigenvalue weighted by Crippen LogP contribution is 2.44. The van der Waals surface area contributed by atoms with E-state index in [1.165, 1.54) is 0 Å². The number of hydrogen-bond acceptors (Lipinski definition) is 4. The largest absolute Gasteiger partial charge is 0.484 e. The number of H-pyrrole nitrogens is 1. The van der Waals surface area contributed by atoms with Crippen molar-refractivity contribution in [2.45, 2.75) is 26.2 Å². The summed E-state index contributed by atoms with van der Waals surface area (Å²) in [6.07, 6.45) is 0. The number of amides is 1. The molecule has 4 rings (SSSR count). The van der Waals surface area contributed by atoms with Gasteiger partial charge in [0, 0.05) is 34.1 Å². The van der Waals surface area contributed by atoms with Crippen LogP contribution >= 0.6 is 0 Å². The molecule has 0 radical (unpaired) electrons. The van der Waals surface area contributed by atoms with Crippen molar-refractivity contribution >= 4 is 22.6 Å². The summed E-state index contributed by atoms with van der Waals surface area (Å²) in [7, 11) is 0. The number of nitrogens with one attached hydrogen (secondary N) is 2. The Morgan fingerprint density at radius 1 is 1.24 bits per heavy atom. The number of likely N-dealkylation sites (N-methyl/N-ethyl adjacent to an activating group) is 1. The molecule has 2 aromatic carbocycles. The van der Waals surface area contributed by atoms with E-state index in [0.717, 1.165) is 22.2 Å². The minimum Gasteiger partial charge on any atom is -0.484 e. The molecule has 1 amide bonds. The summed E-state index contributed by atoms with van der Waals surface area (Å²) >= 11 is 0. The lowest BCUT2D eigenvalue weighted by Gasteiger charge is -2.32. The Labute approximate surface area is 168 Å². The van der Waals surface area contributed by atoms with Crippen LogP contribution in [0.25, 0.3) is 10.9 Å². The van der Waals surface area contributed by atoms with Crippen LogP contribution in [0.4, 0.5) is 0 Å². The molecule has 1 aromatic heterocycles. The molecular weight excluding hydrogens is 366 g/mol. The standard InChI is InChI=1S/C23H21N3O3/c1-4-25-19(27)12-29-14-6-8-15-17(10-14)23(2,3)22-20(21(15)28)16-7-5-13(11-24)9-18(16)26-22/h5-10,26H,4,12H2,1-3H3,(H,25,27). The molecule has 0 atom stereocenters. The fourth-order valence-electron chi connectivity index (χ4n) is 3.97. The molecule has 2 N–H and O–H groups in total. The number of ether oxygens (including phenoxy) is 1. The highest BCUT2D eigenvalue weighted by Gasteiger charge is 2.39. The zero-order valence-electron chi connectivity index (χ0n) is 16.6. The Hall–Kier alpha value is -3.59. The Kier molecular flexibility index (Phi) is 4.39. The van der Waals surface area contributed by atoms with Gasteiger partial charge in [0.1, 0.15) is 5.75 Å². The van der Waals surface area contributed by atoms with Gasteiger partial charge in [-0.15, -0.1) is 0 Å². The second kappa shape index (κ2) is 6.78. The van der Waals surface area contributed by atoms with Gasteiger partial charge < -0.3 is 15.0 Å². The quantitative estimate of drug-likeness (QED) is 0.717. The van der Waals surface area contributed by atoms with Crippen LogP contribution in [0.5, 0.6) is 5.75 Å². The first-order chi connectivity index (χ1) is 13.9. The third kappa shape index (κ3) is 2.95. The summed E-state index contributed by atoms with van der Waals surface area (Å²) in [6, 6.07) is 12.8. The van der Waals surface area contributed by atoms with E-state index in [9.17, 15) is 14.9 Å². The molecule has 0 bridgehead atoms. The molecule has 6 nitrogen and oxygen atoms in total. The summed E-state index contributed by atoms with van der Waals surface area (Å²) in [5.41, 5.74) is 3.78. The molecule has 0 fully saturated rings. The molecule has 3 aromatic rings. The van der Waals surface area contributed by atoms with E-state index in [0.29, 0.717) is 29.0 Å². The van der Waals surface area contributed by atoms with Crippen LogP contribution in [-0.4, -0.2) is 29.8 Å². The number of aromatic amines is 1. The first-order valence-electron chi connectivity index (χ1n) is 9.51. The zero-order chi connectivity index (χ0) is 20.8. The topological polar surface area (TPSA) is 95.0 Å². The van der Waals surface area contributed by atoms with Crippen LogP contribution in [0, 0.1) is 11.3 Å². The van der Waals surface area contributed by atoms with Gasteiger partial charge in [-0.05, 0) is 42.8 Å². The lowest BCUT2D eigenvalue weighted by atomic mass is 9.71. The van der Waals surface area contributed by atoms with Crippen molar-refractivity contribution in [1.82, 2.24) is 10.3 Å². The highest BCUT2D eigenvalue weighted by atomic mass is 16.5. The van der Waals surface area contributed by atoms with E-state index in [-0.39, 0.29) is 18.3 Å². The molecule has 146 valence electrons. The highest BCUT2D eigenvalue weighted by molar-refractivity contribution is 6.20. The van der Waals surface area contributed by atoms with Crippen LogP contribution in [0.15, 0.2) is 36.4 Å². The van der Waals surface area contributed by atoms with Gasteiger partial charge in [-0.25, -0.2) is 0 Å². The normalized spacial score (nSPS) is 14.1. The second-order valence-electron chi connectivity index (χ2n) is 7.65. The molecule has 0 aliphatic heterocycles. The van der Waals surface area contributed by atoms with Crippen LogP contribution in [-0.2, 0) is 10.2 Å². The van der Waals surface area contributed by atoms with Gasteiger partial charge in [0.05, 0.1) is 17.2 Å². The molecule has 0 unspecified atom stereocenters. The smallest absolute Gasteiger partial charge is 0.257 e. The van der Waals surface area contributed by atoms with Crippen LogP contribution in [0.2, 0.25) is 0 Å². The molecule has 1 aliphatic carbocycles. The lowest BCUT2D eigenvalue weighted by molar-refractivity contribution is -0.122. The molecule has 1 aliphatic rings. The summed E-state index contributed by atoms with van der Waals surface area (Å²) in [4.78, 5) is 28.3. The average Bonchev–Trinajstić information content (AvgIpc) is 3.11. The predicted molar refractivity (Wildman–Crippen MR) is 109 cm³/mol. The van der Waals surface area contributed by atoms with Gasteiger partial charge in [-0.2, -0.15) is 5.26 Å². The summed E-state index contributed by atoms with van der Waals surface area (Å²) < 4.78 is 5.62. The minimum atomic E-state index is -0.477. The van der Waals surface area contributed by atoms with E-state index >= 15 is 0 Å². The average molecular weight is 387 g/mol. The Bertz CT molecular complexity index is 1200. The Morgan fingerprint density at radius 3 is 2.76 bits per heavy atom. The number of carbonyl (C=O) groups excluding carboxylic acids is 2. The van der Waals surface area contributed by atoms with Crippen molar-refractivity contribution in [3.05, 3.63) is 64.3 Å². The van der Waals surface area contributed by atoms with Crippen molar-refractivity contribution in [1.29, 1.82) is 5.26 Å². The fourth-order valence-corrected chi connectivity index (χ4v) is 3.97. The van der Waals surface area contributed by atoms with Gasteiger partial charge in [0.2, 0.25) is 0 Å². The number of aromatic nitrogens is 1. The summed E-state index contributed by atoms with van der Waals surface area (Å²) in [6.45, 7) is 6.42. The van der Waals surface area contributed by atoms with Crippen LogP contribution < -0.4 is 10.1 Å². The third-order valence-electron chi connectivity index (χ3n) is 5.43. The van der Waals surface area contributed by atoms with Gasteiger partial charge >= 0.3 is 0 Å². The van der Waals surface area contributed by atoms with E-state index < -0.39 is 5.41 Å². The van der Waals surface area contributed by atoms with E-state index in [1.807, 2.05) is 32.9 Å². The maximum Gasteiger partial charge on any atom is 0.257 e. The van der Waals surface area contributed by atoms with E-state index in [4.69, 9.17) is 4.74 Å². The summed E-state index contributed by atoms with van der Waals surface area (Å²) in [5, 5.41) is 12.7. The van der Waals surface area contributed by atoms with Gasteiger partial charge in [-0.1, -0.05) is 19.9 Å². The maximum atomic E-state index is 13.3. The van der Waals surface area contributed by atoms with E-state index in [1.54, 1.807) is 24.3 Å².